The molecule has 0 unspecified atom stereocenters. The van der Waals surface area contributed by atoms with Gasteiger partial charge in [-0.2, -0.15) is 0 Å². The largest absolute Gasteiger partial charge is 0.128 e. The Morgan fingerprint density at radius 3 is 2.00 bits per heavy atom. The topological polar surface area (TPSA) is 0 Å². The monoisotopic (exact) mass is 230 g/mol. The van der Waals surface area contributed by atoms with Crippen molar-refractivity contribution in [2.75, 3.05) is 0 Å². The van der Waals surface area contributed by atoms with Crippen molar-refractivity contribution in [2.45, 2.75) is 54.4 Å². The predicted octanol–water partition coefficient (Wildman–Crippen LogP) is 5.02. The van der Waals surface area contributed by atoms with E-state index in [9.17, 15) is 0 Å². The van der Waals surface area contributed by atoms with E-state index in [4.69, 9.17) is 7.85 Å². The van der Waals surface area contributed by atoms with Crippen LogP contribution in [0.5, 0.6) is 0 Å². The number of hydrogen-bond donors (Lipinski definition) is 0. The van der Waals surface area contributed by atoms with Crippen molar-refractivity contribution in [1.82, 2.24) is 0 Å². The van der Waals surface area contributed by atoms with E-state index in [1.165, 1.54) is 12.0 Å². The number of allylic oxidation sites excluding steroid dienone is 5. The quantitative estimate of drug-likeness (QED) is 0.459. The summed E-state index contributed by atoms with van der Waals surface area (Å²) >= 11 is 0. The van der Waals surface area contributed by atoms with Gasteiger partial charge >= 0.3 is 0 Å². The molecule has 0 saturated carbocycles. The van der Waals surface area contributed by atoms with Crippen LogP contribution in [0, 0.1) is 10.8 Å². The summed E-state index contributed by atoms with van der Waals surface area (Å²) in [7, 11) is 5.74. The molecule has 2 radical (unpaired) electrons. The third-order valence-electron chi connectivity index (χ3n) is 3.04. The lowest BCUT2D eigenvalue weighted by Gasteiger charge is -2.30. The third-order valence-corrected chi connectivity index (χ3v) is 3.04. The van der Waals surface area contributed by atoms with Gasteiger partial charge in [0.15, 0.2) is 0 Å². The van der Waals surface area contributed by atoms with E-state index in [1.807, 2.05) is 19.1 Å². The molecule has 0 atom stereocenters. The highest BCUT2D eigenvalue weighted by Gasteiger charge is 2.23. The van der Waals surface area contributed by atoms with Crippen LogP contribution in [0.1, 0.15) is 54.4 Å². The van der Waals surface area contributed by atoms with Gasteiger partial charge in [-0.3, -0.25) is 0 Å². The molecule has 94 valence electrons. The summed E-state index contributed by atoms with van der Waals surface area (Å²) in [4.78, 5) is 0. The Hall–Kier alpha value is -0.715. The highest BCUT2D eigenvalue weighted by molar-refractivity contribution is 6.17. The molecule has 0 aliphatic carbocycles. The van der Waals surface area contributed by atoms with Crippen molar-refractivity contribution in [1.29, 1.82) is 0 Å². The Morgan fingerprint density at radius 1 is 1.00 bits per heavy atom. The molecule has 0 amide bonds. The van der Waals surface area contributed by atoms with Crippen LogP contribution in [0.3, 0.4) is 0 Å². The van der Waals surface area contributed by atoms with Gasteiger partial charge in [-0.25, -0.2) is 0 Å². The smallest absolute Gasteiger partial charge is 0.103 e. The van der Waals surface area contributed by atoms with Gasteiger partial charge in [-0.15, -0.1) is 5.98 Å². The highest BCUT2D eigenvalue weighted by Crippen LogP contribution is 2.36. The van der Waals surface area contributed by atoms with Gasteiger partial charge in [0.05, 0.1) is 0 Å². The first-order chi connectivity index (χ1) is 7.73. The minimum Gasteiger partial charge on any atom is -0.128 e. The van der Waals surface area contributed by atoms with Crippen molar-refractivity contribution < 1.29 is 0 Å². The molecule has 0 aromatic rings. The lowest BCUT2D eigenvalue weighted by molar-refractivity contribution is 0.292. The third kappa shape index (κ3) is 7.25. The van der Waals surface area contributed by atoms with E-state index in [2.05, 4.69) is 46.8 Å². The molecular weight excluding hydrogens is 203 g/mol. The first-order valence-electron chi connectivity index (χ1n) is 6.45. The van der Waals surface area contributed by atoms with Gasteiger partial charge in [-0.1, -0.05) is 64.5 Å². The molecule has 0 saturated heterocycles. The lowest BCUT2D eigenvalue weighted by atomic mass is 9.74. The van der Waals surface area contributed by atoms with Crippen LogP contribution in [0.2, 0.25) is 0 Å². The zero-order valence-corrected chi connectivity index (χ0v) is 12.4. The van der Waals surface area contributed by atoms with Crippen LogP contribution < -0.4 is 0 Å². The summed E-state index contributed by atoms with van der Waals surface area (Å²) < 4.78 is 0. The second-order valence-electron chi connectivity index (χ2n) is 6.45. The summed E-state index contributed by atoms with van der Waals surface area (Å²) in [6.07, 6.45) is 10.6. The second kappa shape index (κ2) is 6.88. The van der Waals surface area contributed by atoms with Gasteiger partial charge < -0.3 is 0 Å². The predicted molar refractivity (Wildman–Crippen MR) is 80.3 cm³/mol. The fourth-order valence-corrected chi connectivity index (χ4v) is 1.61. The van der Waals surface area contributed by atoms with Crippen LogP contribution in [0.25, 0.3) is 0 Å². The zero-order valence-electron chi connectivity index (χ0n) is 12.4. The van der Waals surface area contributed by atoms with Gasteiger partial charge in [0, 0.05) is 0 Å². The van der Waals surface area contributed by atoms with Gasteiger partial charge in [0.2, 0.25) is 0 Å². The molecule has 17 heavy (non-hydrogen) atoms. The molecule has 0 bridgehead atoms. The average Bonchev–Trinajstić information content (AvgIpc) is 2.21. The molecule has 0 heterocycles. The number of rotatable bonds is 5. The molecule has 0 N–H and O–H groups in total. The fraction of sp³-hybridized carbons (Fsp3) is 0.625. The van der Waals surface area contributed by atoms with E-state index < -0.39 is 0 Å². The Bertz CT molecular complexity index is 298. The first kappa shape index (κ1) is 16.3. The maximum Gasteiger partial charge on any atom is 0.103 e. The van der Waals surface area contributed by atoms with Crippen LogP contribution in [-0.4, -0.2) is 7.85 Å². The Morgan fingerprint density at radius 2 is 1.59 bits per heavy atom. The SMILES string of the molecule is [B]/C=C(/C=C\C=C/C)C(C)(C)CCC(C)(C)C. The van der Waals surface area contributed by atoms with E-state index in [0.29, 0.717) is 5.41 Å². The van der Waals surface area contributed by atoms with Crippen LogP contribution in [0.15, 0.2) is 35.9 Å². The average molecular weight is 230 g/mol. The standard InChI is InChI=1S/C16H27B/c1-7-8-9-10-14(13-17)16(5,6)12-11-15(2,3)4/h7-10,13H,11-12H2,1-6H3/b8-7-,10-9-,14-13-. The van der Waals surface area contributed by atoms with Crippen molar-refractivity contribution in [3.05, 3.63) is 35.9 Å². The Balaban J connectivity index is 4.65. The van der Waals surface area contributed by atoms with E-state index in [1.54, 1.807) is 5.98 Å². The minimum absolute atomic E-state index is 0.139. The Kier molecular flexibility index (Phi) is 6.59. The molecule has 0 rings (SSSR count). The van der Waals surface area contributed by atoms with Gasteiger partial charge in [-0.05, 0) is 30.6 Å². The maximum atomic E-state index is 5.74. The van der Waals surface area contributed by atoms with E-state index in [-0.39, 0.29) is 5.41 Å². The van der Waals surface area contributed by atoms with Crippen molar-refractivity contribution >= 4 is 7.85 Å². The summed E-state index contributed by atoms with van der Waals surface area (Å²) in [5.41, 5.74) is 1.73. The summed E-state index contributed by atoms with van der Waals surface area (Å²) in [5, 5.41) is 0. The molecule has 0 aromatic carbocycles. The second-order valence-corrected chi connectivity index (χ2v) is 6.45. The zero-order chi connectivity index (χ0) is 13.5. The molecular formula is C16H27B. The van der Waals surface area contributed by atoms with Gasteiger partial charge in [0.25, 0.3) is 0 Å². The normalized spacial score (nSPS) is 15.1. The molecule has 0 nitrogen and oxygen atoms in total. The van der Waals surface area contributed by atoms with Crippen molar-refractivity contribution in [3.63, 3.8) is 0 Å². The molecule has 0 spiro atoms. The van der Waals surface area contributed by atoms with Crippen LogP contribution in [-0.2, 0) is 0 Å². The van der Waals surface area contributed by atoms with Crippen LogP contribution in [0.4, 0.5) is 0 Å². The molecule has 0 aromatic heterocycles. The lowest BCUT2D eigenvalue weighted by Crippen LogP contribution is -2.18. The summed E-state index contributed by atoms with van der Waals surface area (Å²) in [6.45, 7) is 13.4. The highest BCUT2D eigenvalue weighted by atomic mass is 14.3. The molecule has 0 fully saturated rings. The van der Waals surface area contributed by atoms with E-state index in [0.717, 1.165) is 6.42 Å². The van der Waals surface area contributed by atoms with E-state index >= 15 is 0 Å². The minimum atomic E-state index is 0.139. The fourth-order valence-electron chi connectivity index (χ4n) is 1.61. The van der Waals surface area contributed by atoms with Crippen LogP contribution >= 0.6 is 0 Å². The van der Waals surface area contributed by atoms with Gasteiger partial charge in [0.1, 0.15) is 7.85 Å². The molecule has 0 aliphatic rings. The molecule has 0 aliphatic heterocycles. The summed E-state index contributed by atoms with van der Waals surface area (Å²) in [6, 6.07) is 0. The number of hydrogen-bond acceptors (Lipinski definition) is 0. The maximum absolute atomic E-state index is 5.74. The van der Waals surface area contributed by atoms with Crippen molar-refractivity contribution in [2.24, 2.45) is 10.8 Å². The Labute approximate surface area is 109 Å². The first-order valence-corrected chi connectivity index (χ1v) is 6.45. The molecule has 1 heteroatoms. The van der Waals surface area contributed by atoms with Crippen molar-refractivity contribution in [3.8, 4) is 0 Å². The summed E-state index contributed by atoms with van der Waals surface area (Å²) in [5.74, 6) is 1.74.